The molecule has 1 aromatic carbocycles. The van der Waals surface area contributed by atoms with Crippen LogP contribution in [0.1, 0.15) is 32.4 Å². The second kappa shape index (κ2) is 6.65. The van der Waals surface area contributed by atoms with Crippen molar-refractivity contribution in [3.8, 4) is 0 Å². The van der Waals surface area contributed by atoms with Crippen molar-refractivity contribution in [3.05, 3.63) is 39.4 Å². The lowest BCUT2D eigenvalue weighted by atomic mass is 10.0. The van der Waals surface area contributed by atoms with E-state index in [9.17, 15) is 23.7 Å². The standard InChI is InChI=1S/C13H17F2N3O4/c1-13(2,3)22-12(19)17-8(6-16)10-7(14)4-5-9(11(10)15)18(20)21/h4-5,8H,6,16H2,1-3H3,(H,17,19). The molecule has 1 amide bonds. The Bertz CT molecular complexity index is 587. The number of carbonyl (C=O) groups excluding carboxylic acids is 1. The zero-order valence-electron chi connectivity index (χ0n) is 12.4. The van der Waals surface area contributed by atoms with E-state index in [0.29, 0.717) is 6.07 Å². The normalized spacial score (nSPS) is 12.6. The maximum atomic E-state index is 14.1. The third-order valence-electron chi connectivity index (χ3n) is 2.58. The lowest BCUT2D eigenvalue weighted by Gasteiger charge is -2.23. The van der Waals surface area contributed by atoms with Gasteiger partial charge in [-0.05, 0) is 26.8 Å². The van der Waals surface area contributed by atoms with Crippen molar-refractivity contribution in [2.24, 2.45) is 5.73 Å². The second-order valence-electron chi connectivity index (χ2n) is 5.49. The van der Waals surface area contributed by atoms with Crippen LogP contribution in [0.25, 0.3) is 0 Å². The fourth-order valence-corrected chi connectivity index (χ4v) is 1.72. The molecule has 0 bridgehead atoms. The number of halogens is 2. The van der Waals surface area contributed by atoms with Crippen LogP contribution in [0.2, 0.25) is 0 Å². The highest BCUT2D eigenvalue weighted by molar-refractivity contribution is 5.68. The minimum Gasteiger partial charge on any atom is -0.444 e. The van der Waals surface area contributed by atoms with Crippen LogP contribution in [0.15, 0.2) is 12.1 Å². The van der Waals surface area contributed by atoms with Gasteiger partial charge in [-0.25, -0.2) is 9.18 Å². The van der Waals surface area contributed by atoms with Gasteiger partial charge in [0.05, 0.1) is 16.5 Å². The molecule has 0 spiro atoms. The summed E-state index contributed by atoms with van der Waals surface area (Å²) in [5.74, 6) is -2.42. The minimum atomic E-state index is -1.38. The Labute approximate surface area is 125 Å². The lowest BCUT2D eigenvalue weighted by Crippen LogP contribution is -2.38. The molecule has 1 rings (SSSR count). The summed E-state index contributed by atoms with van der Waals surface area (Å²) >= 11 is 0. The molecule has 1 atom stereocenters. The molecule has 1 aromatic rings. The SMILES string of the molecule is CC(C)(C)OC(=O)NC(CN)c1c(F)ccc([N+](=O)[O-])c1F. The molecule has 122 valence electrons. The summed E-state index contributed by atoms with van der Waals surface area (Å²) in [7, 11) is 0. The first kappa shape index (κ1) is 17.8. The van der Waals surface area contributed by atoms with Crippen molar-refractivity contribution in [1.29, 1.82) is 0 Å². The van der Waals surface area contributed by atoms with Crippen LogP contribution in [0.5, 0.6) is 0 Å². The third-order valence-corrected chi connectivity index (χ3v) is 2.58. The highest BCUT2D eigenvalue weighted by Gasteiger charge is 2.28. The molecule has 0 fully saturated rings. The number of nitrogens with one attached hydrogen (secondary N) is 1. The minimum absolute atomic E-state index is 0.367. The molecule has 0 aromatic heterocycles. The van der Waals surface area contributed by atoms with Crippen molar-refractivity contribution in [1.82, 2.24) is 5.32 Å². The van der Waals surface area contributed by atoms with Crippen LogP contribution in [0, 0.1) is 21.7 Å². The molecule has 0 aliphatic heterocycles. The van der Waals surface area contributed by atoms with Crippen LogP contribution in [0.3, 0.4) is 0 Å². The molecular formula is C13H17F2N3O4. The van der Waals surface area contributed by atoms with Gasteiger partial charge in [0, 0.05) is 12.6 Å². The second-order valence-corrected chi connectivity index (χ2v) is 5.49. The first-order valence-corrected chi connectivity index (χ1v) is 6.38. The Balaban J connectivity index is 3.13. The number of hydrogen-bond acceptors (Lipinski definition) is 5. The summed E-state index contributed by atoms with van der Waals surface area (Å²) in [6.07, 6.45) is -0.937. The Morgan fingerprint density at radius 3 is 2.50 bits per heavy atom. The number of amides is 1. The van der Waals surface area contributed by atoms with E-state index < -0.39 is 45.5 Å². The molecule has 0 heterocycles. The highest BCUT2D eigenvalue weighted by atomic mass is 19.1. The quantitative estimate of drug-likeness (QED) is 0.655. The van der Waals surface area contributed by atoms with Gasteiger partial charge in [0.2, 0.25) is 5.82 Å². The molecule has 0 radical (unpaired) electrons. The summed E-state index contributed by atoms with van der Waals surface area (Å²) in [5.41, 5.74) is 3.01. The van der Waals surface area contributed by atoms with Gasteiger partial charge in [0.15, 0.2) is 0 Å². The molecule has 22 heavy (non-hydrogen) atoms. The van der Waals surface area contributed by atoms with E-state index >= 15 is 0 Å². The average molecular weight is 317 g/mol. The van der Waals surface area contributed by atoms with Gasteiger partial charge < -0.3 is 15.8 Å². The molecule has 9 heteroatoms. The third kappa shape index (κ3) is 4.35. The van der Waals surface area contributed by atoms with E-state index in [4.69, 9.17) is 10.5 Å². The van der Waals surface area contributed by atoms with Gasteiger partial charge in [-0.2, -0.15) is 4.39 Å². The fraction of sp³-hybridized carbons (Fsp3) is 0.462. The predicted molar refractivity (Wildman–Crippen MR) is 74.2 cm³/mol. The van der Waals surface area contributed by atoms with Crippen molar-refractivity contribution in [3.63, 3.8) is 0 Å². The summed E-state index contributed by atoms with van der Waals surface area (Å²) in [5, 5.41) is 12.9. The van der Waals surface area contributed by atoms with E-state index in [1.54, 1.807) is 20.8 Å². The number of ether oxygens (including phenoxy) is 1. The van der Waals surface area contributed by atoms with Crippen LogP contribution in [0.4, 0.5) is 19.3 Å². The monoisotopic (exact) mass is 317 g/mol. The van der Waals surface area contributed by atoms with Gasteiger partial charge in [-0.3, -0.25) is 10.1 Å². The zero-order chi connectivity index (χ0) is 17.1. The van der Waals surface area contributed by atoms with Gasteiger partial charge in [-0.1, -0.05) is 0 Å². The van der Waals surface area contributed by atoms with Crippen molar-refractivity contribution >= 4 is 11.8 Å². The number of nitro benzene ring substituents is 1. The summed E-state index contributed by atoms with van der Waals surface area (Å²) in [6.45, 7) is 4.46. The van der Waals surface area contributed by atoms with Crippen molar-refractivity contribution in [2.75, 3.05) is 6.54 Å². The topological polar surface area (TPSA) is 107 Å². The lowest BCUT2D eigenvalue weighted by molar-refractivity contribution is -0.387. The van der Waals surface area contributed by atoms with E-state index in [1.807, 2.05) is 0 Å². The number of nitro groups is 1. The molecular weight excluding hydrogens is 300 g/mol. The Kier molecular flexibility index (Phi) is 5.37. The van der Waals surface area contributed by atoms with Crippen LogP contribution in [-0.4, -0.2) is 23.2 Å². The number of alkyl carbamates (subject to hydrolysis) is 1. The highest BCUT2D eigenvalue weighted by Crippen LogP contribution is 2.27. The zero-order valence-corrected chi connectivity index (χ0v) is 12.4. The van der Waals surface area contributed by atoms with Crippen molar-refractivity contribution in [2.45, 2.75) is 32.4 Å². The van der Waals surface area contributed by atoms with E-state index in [-0.39, 0.29) is 6.54 Å². The number of nitrogens with two attached hydrogens (primary N) is 1. The average Bonchev–Trinajstić information content (AvgIpc) is 2.34. The number of hydrogen-bond donors (Lipinski definition) is 2. The van der Waals surface area contributed by atoms with Gasteiger partial charge in [0.1, 0.15) is 11.4 Å². The first-order valence-electron chi connectivity index (χ1n) is 6.38. The van der Waals surface area contributed by atoms with Crippen molar-refractivity contribution < 1.29 is 23.2 Å². The first-order chi connectivity index (χ1) is 10.1. The molecule has 0 saturated carbocycles. The summed E-state index contributed by atoms with van der Waals surface area (Å²) in [4.78, 5) is 21.4. The largest absolute Gasteiger partial charge is 0.444 e. The van der Waals surface area contributed by atoms with E-state index in [1.165, 1.54) is 0 Å². The number of benzene rings is 1. The Morgan fingerprint density at radius 1 is 1.45 bits per heavy atom. The maximum absolute atomic E-state index is 14.1. The smallest absolute Gasteiger partial charge is 0.408 e. The van der Waals surface area contributed by atoms with E-state index in [2.05, 4.69) is 5.32 Å². The number of rotatable bonds is 4. The van der Waals surface area contributed by atoms with Gasteiger partial charge in [0.25, 0.3) is 0 Å². The molecule has 7 nitrogen and oxygen atoms in total. The van der Waals surface area contributed by atoms with E-state index in [0.717, 1.165) is 6.07 Å². The molecule has 0 aliphatic rings. The molecule has 3 N–H and O–H groups in total. The predicted octanol–water partition coefficient (Wildman–Crippen LogP) is 2.40. The van der Waals surface area contributed by atoms with Crippen LogP contribution in [-0.2, 0) is 4.74 Å². The Morgan fingerprint density at radius 2 is 2.05 bits per heavy atom. The number of nitrogens with zero attached hydrogens (tertiary/aromatic N) is 1. The Hall–Kier alpha value is -2.29. The molecule has 0 aliphatic carbocycles. The van der Waals surface area contributed by atoms with Crippen LogP contribution >= 0.6 is 0 Å². The number of carbonyl (C=O) groups is 1. The van der Waals surface area contributed by atoms with Gasteiger partial charge >= 0.3 is 11.8 Å². The maximum Gasteiger partial charge on any atom is 0.408 e. The summed E-state index contributed by atoms with van der Waals surface area (Å²) in [6, 6.07) is 0.153. The van der Waals surface area contributed by atoms with Crippen LogP contribution < -0.4 is 11.1 Å². The fourth-order valence-electron chi connectivity index (χ4n) is 1.72. The molecule has 1 unspecified atom stereocenters. The molecule has 0 saturated heterocycles. The summed E-state index contributed by atoms with van der Waals surface area (Å²) < 4.78 is 32.9. The van der Waals surface area contributed by atoms with Gasteiger partial charge in [-0.15, -0.1) is 0 Å².